The van der Waals surface area contributed by atoms with Crippen LogP contribution in [0, 0.1) is 11.3 Å². The number of nitriles is 1. The summed E-state index contributed by atoms with van der Waals surface area (Å²) in [6, 6.07) is 8.64. The first-order valence-corrected chi connectivity index (χ1v) is 9.67. The van der Waals surface area contributed by atoms with Crippen molar-refractivity contribution in [2.24, 2.45) is 0 Å². The van der Waals surface area contributed by atoms with Gasteiger partial charge in [0.1, 0.15) is 17.7 Å². The van der Waals surface area contributed by atoms with Crippen molar-refractivity contribution in [3.63, 3.8) is 0 Å². The molecule has 4 rings (SSSR count). The second kappa shape index (κ2) is 8.23. The first-order valence-electron chi connectivity index (χ1n) is 9.67. The maximum absolute atomic E-state index is 9.36. The molecular formula is C20H25N7. The van der Waals surface area contributed by atoms with Gasteiger partial charge in [0.2, 0.25) is 0 Å². The van der Waals surface area contributed by atoms with Crippen LogP contribution in [-0.2, 0) is 0 Å². The Kier molecular flexibility index (Phi) is 5.35. The van der Waals surface area contributed by atoms with Crippen LogP contribution in [-0.4, -0.2) is 42.2 Å². The lowest BCUT2D eigenvalue weighted by Gasteiger charge is -2.29. The van der Waals surface area contributed by atoms with E-state index in [0.717, 1.165) is 56.2 Å². The van der Waals surface area contributed by atoms with Gasteiger partial charge in [-0.15, -0.1) is 0 Å². The lowest BCUT2D eigenvalue weighted by Crippen LogP contribution is -2.43. The monoisotopic (exact) mass is 363 g/mol. The molecule has 3 heterocycles. The third-order valence-electron chi connectivity index (χ3n) is 5.23. The van der Waals surface area contributed by atoms with E-state index in [1.807, 2.05) is 18.3 Å². The van der Waals surface area contributed by atoms with E-state index in [1.165, 1.54) is 12.8 Å². The number of nitrogens with one attached hydrogen (secondary N) is 3. The molecular weight excluding hydrogens is 338 g/mol. The summed E-state index contributed by atoms with van der Waals surface area (Å²) in [6.07, 6.45) is 8.33. The van der Waals surface area contributed by atoms with Crippen LogP contribution in [0.4, 0.5) is 23.0 Å². The van der Waals surface area contributed by atoms with Gasteiger partial charge in [-0.3, -0.25) is 0 Å². The largest absolute Gasteiger partial charge is 0.381 e. The van der Waals surface area contributed by atoms with Gasteiger partial charge in [-0.1, -0.05) is 12.8 Å². The molecule has 2 aliphatic rings. The molecule has 1 saturated heterocycles. The Morgan fingerprint density at radius 2 is 1.85 bits per heavy atom. The summed E-state index contributed by atoms with van der Waals surface area (Å²) < 4.78 is 0. The highest BCUT2D eigenvalue weighted by Crippen LogP contribution is 2.26. The molecule has 0 spiro atoms. The van der Waals surface area contributed by atoms with Crippen molar-refractivity contribution in [3.05, 3.63) is 36.2 Å². The summed E-state index contributed by atoms with van der Waals surface area (Å²) in [7, 11) is 0. The predicted molar refractivity (Wildman–Crippen MR) is 107 cm³/mol. The molecule has 0 bridgehead atoms. The van der Waals surface area contributed by atoms with Crippen LogP contribution in [0.25, 0.3) is 0 Å². The summed E-state index contributed by atoms with van der Waals surface area (Å²) in [5, 5.41) is 19.5. The maximum atomic E-state index is 9.36. The molecule has 3 N–H and O–H groups in total. The smallest absolute Gasteiger partial charge is 0.133 e. The molecule has 0 atom stereocenters. The van der Waals surface area contributed by atoms with E-state index in [-0.39, 0.29) is 0 Å². The van der Waals surface area contributed by atoms with Gasteiger partial charge in [0.25, 0.3) is 0 Å². The van der Waals surface area contributed by atoms with Crippen molar-refractivity contribution in [1.82, 2.24) is 15.3 Å². The predicted octanol–water partition coefficient (Wildman–Crippen LogP) is 2.86. The van der Waals surface area contributed by atoms with Crippen molar-refractivity contribution in [2.45, 2.75) is 31.7 Å². The number of rotatable bonds is 5. The van der Waals surface area contributed by atoms with Crippen LogP contribution in [0.15, 0.2) is 30.6 Å². The molecule has 0 unspecified atom stereocenters. The number of anilines is 4. The zero-order valence-corrected chi connectivity index (χ0v) is 15.4. The first kappa shape index (κ1) is 17.6. The van der Waals surface area contributed by atoms with E-state index in [1.54, 1.807) is 6.20 Å². The fraction of sp³-hybridized carbons (Fsp3) is 0.450. The number of pyridine rings is 2. The molecule has 1 aliphatic heterocycles. The lowest BCUT2D eigenvalue weighted by molar-refractivity contribution is 0.589. The van der Waals surface area contributed by atoms with Gasteiger partial charge in [-0.25, -0.2) is 9.97 Å². The van der Waals surface area contributed by atoms with Crippen LogP contribution in [0.2, 0.25) is 0 Å². The standard InChI is InChI=1S/C20H25N7/c21-12-15-13-23-20(11-18(15)25-16-3-1-2-4-16)26-19-6-5-17(14-24-19)27-9-7-22-8-10-27/h5-6,11,13-14,16,22H,1-4,7-10H2,(H2,23,24,25,26). The topological polar surface area (TPSA) is 88.9 Å². The first-order chi connectivity index (χ1) is 13.3. The molecule has 7 nitrogen and oxygen atoms in total. The fourth-order valence-corrected chi connectivity index (χ4v) is 3.72. The van der Waals surface area contributed by atoms with Crippen molar-refractivity contribution >= 4 is 23.0 Å². The van der Waals surface area contributed by atoms with E-state index in [0.29, 0.717) is 17.4 Å². The van der Waals surface area contributed by atoms with Crippen molar-refractivity contribution in [3.8, 4) is 6.07 Å². The van der Waals surface area contributed by atoms with E-state index in [4.69, 9.17) is 0 Å². The van der Waals surface area contributed by atoms with Crippen molar-refractivity contribution < 1.29 is 0 Å². The molecule has 0 amide bonds. The maximum Gasteiger partial charge on any atom is 0.133 e. The summed E-state index contributed by atoms with van der Waals surface area (Å²) in [5.74, 6) is 1.44. The van der Waals surface area contributed by atoms with E-state index in [9.17, 15) is 5.26 Å². The van der Waals surface area contributed by atoms with Crippen LogP contribution >= 0.6 is 0 Å². The highest BCUT2D eigenvalue weighted by molar-refractivity contribution is 5.65. The van der Waals surface area contributed by atoms with Crippen LogP contribution in [0.3, 0.4) is 0 Å². The van der Waals surface area contributed by atoms with Gasteiger partial charge in [0.05, 0.1) is 23.1 Å². The number of hydrogen-bond acceptors (Lipinski definition) is 7. The van der Waals surface area contributed by atoms with Crippen molar-refractivity contribution in [1.29, 1.82) is 5.26 Å². The molecule has 1 aliphatic carbocycles. The minimum atomic E-state index is 0.448. The fourth-order valence-electron chi connectivity index (χ4n) is 3.72. The Balaban J connectivity index is 1.46. The summed E-state index contributed by atoms with van der Waals surface area (Å²) in [6.45, 7) is 4.02. The molecule has 7 heteroatoms. The highest BCUT2D eigenvalue weighted by Gasteiger charge is 2.17. The van der Waals surface area contributed by atoms with Crippen LogP contribution < -0.4 is 20.9 Å². The Labute approximate surface area is 159 Å². The molecule has 2 aromatic rings. The summed E-state index contributed by atoms with van der Waals surface area (Å²) >= 11 is 0. The van der Waals surface area contributed by atoms with Gasteiger partial charge in [0, 0.05) is 44.5 Å². The molecule has 0 radical (unpaired) electrons. The average Bonchev–Trinajstić information content (AvgIpc) is 3.23. The summed E-state index contributed by atoms with van der Waals surface area (Å²) in [4.78, 5) is 11.2. The SMILES string of the molecule is N#Cc1cnc(Nc2ccc(N3CCNCC3)cn2)cc1NC1CCCC1. The number of nitrogens with zero attached hydrogens (tertiary/aromatic N) is 4. The highest BCUT2D eigenvalue weighted by atomic mass is 15.2. The van der Waals surface area contributed by atoms with E-state index < -0.39 is 0 Å². The third kappa shape index (κ3) is 4.29. The molecule has 27 heavy (non-hydrogen) atoms. The minimum Gasteiger partial charge on any atom is -0.381 e. The quantitative estimate of drug-likeness (QED) is 0.753. The zero-order valence-electron chi connectivity index (χ0n) is 15.4. The second-order valence-electron chi connectivity index (χ2n) is 7.12. The van der Waals surface area contributed by atoms with Gasteiger partial charge < -0.3 is 20.9 Å². The van der Waals surface area contributed by atoms with Crippen LogP contribution in [0.1, 0.15) is 31.2 Å². The Morgan fingerprint density at radius 3 is 2.56 bits per heavy atom. The van der Waals surface area contributed by atoms with Gasteiger partial charge in [-0.05, 0) is 25.0 Å². The number of hydrogen-bond donors (Lipinski definition) is 3. The minimum absolute atomic E-state index is 0.448. The third-order valence-corrected chi connectivity index (χ3v) is 5.23. The molecule has 2 fully saturated rings. The zero-order chi connectivity index (χ0) is 18.5. The van der Waals surface area contributed by atoms with Crippen molar-refractivity contribution in [2.75, 3.05) is 41.7 Å². The molecule has 0 aromatic carbocycles. The Morgan fingerprint density at radius 1 is 1.07 bits per heavy atom. The van der Waals surface area contributed by atoms with Gasteiger partial charge in [-0.2, -0.15) is 5.26 Å². The van der Waals surface area contributed by atoms with Gasteiger partial charge in [0.15, 0.2) is 0 Å². The normalized spacial score (nSPS) is 17.5. The second-order valence-corrected chi connectivity index (χ2v) is 7.12. The number of aromatic nitrogens is 2. The van der Waals surface area contributed by atoms with Gasteiger partial charge >= 0.3 is 0 Å². The molecule has 1 saturated carbocycles. The summed E-state index contributed by atoms with van der Waals surface area (Å²) in [5.41, 5.74) is 2.56. The molecule has 140 valence electrons. The Bertz CT molecular complexity index is 800. The number of piperazine rings is 1. The van der Waals surface area contributed by atoms with E-state index in [2.05, 4.69) is 43.0 Å². The van der Waals surface area contributed by atoms with Crippen LogP contribution in [0.5, 0.6) is 0 Å². The molecule has 2 aromatic heterocycles. The Hall–Kier alpha value is -2.85. The van der Waals surface area contributed by atoms with E-state index >= 15 is 0 Å². The lowest BCUT2D eigenvalue weighted by atomic mass is 10.2. The average molecular weight is 363 g/mol.